The smallest absolute Gasteiger partial charge is 0.326 e. The predicted octanol–water partition coefficient (Wildman–Crippen LogP) is -0.746. The van der Waals surface area contributed by atoms with Crippen molar-refractivity contribution in [2.75, 3.05) is 26.7 Å². The van der Waals surface area contributed by atoms with Gasteiger partial charge in [-0.05, 0) is 19.5 Å². The van der Waals surface area contributed by atoms with E-state index in [1.165, 1.54) is 0 Å². The molecule has 0 bridgehead atoms. The van der Waals surface area contributed by atoms with Crippen molar-refractivity contribution in [3.63, 3.8) is 0 Å². The van der Waals surface area contributed by atoms with Crippen molar-refractivity contribution >= 4 is 13.6 Å². The standard InChI is InChI=1S/C9H17N2O5P/c1-6-9(12)8(3-10)7(4-11(6)2)5-16-17(13,14)15/h6H,3-5,10H2,1-2H3,(H2,13,14,15). The minimum absolute atomic E-state index is 0.0524. The van der Waals surface area contributed by atoms with E-state index in [0.29, 0.717) is 17.7 Å². The lowest BCUT2D eigenvalue weighted by Crippen LogP contribution is -2.45. The van der Waals surface area contributed by atoms with Crippen LogP contribution in [0.15, 0.2) is 11.1 Å². The molecule has 1 aliphatic rings. The van der Waals surface area contributed by atoms with Gasteiger partial charge in [0.2, 0.25) is 0 Å². The number of hydrogen-bond acceptors (Lipinski definition) is 5. The molecule has 1 unspecified atom stereocenters. The van der Waals surface area contributed by atoms with Crippen molar-refractivity contribution in [2.24, 2.45) is 5.73 Å². The molecule has 7 nitrogen and oxygen atoms in total. The second-order valence-corrected chi connectivity index (χ2v) is 5.24. The summed E-state index contributed by atoms with van der Waals surface area (Å²) in [6.45, 7) is 1.95. The zero-order valence-corrected chi connectivity index (χ0v) is 10.7. The molecule has 0 fully saturated rings. The molecule has 17 heavy (non-hydrogen) atoms. The molecule has 1 aliphatic heterocycles. The number of carbonyl (C=O) groups is 1. The van der Waals surface area contributed by atoms with E-state index in [0.717, 1.165) is 0 Å². The summed E-state index contributed by atoms with van der Waals surface area (Å²) < 4.78 is 15.0. The van der Waals surface area contributed by atoms with Crippen molar-refractivity contribution in [3.05, 3.63) is 11.1 Å². The monoisotopic (exact) mass is 264 g/mol. The summed E-state index contributed by atoms with van der Waals surface area (Å²) in [5.74, 6) is -0.120. The van der Waals surface area contributed by atoms with E-state index in [9.17, 15) is 9.36 Å². The van der Waals surface area contributed by atoms with Gasteiger partial charge in [0, 0.05) is 18.7 Å². The first-order chi connectivity index (χ1) is 7.76. The van der Waals surface area contributed by atoms with Crippen molar-refractivity contribution in [3.8, 4) is 0 Å². The molecule has 0 amide bonds. The van der Waals surface area contributed by atoms with Crippen LogP contribution in [-0.4, -0.2) is 53.3 Å². The summed E-state index contributed by atoms with van der Waals surface area (Å²) in [5.41, 5.74) is 6.42. The van der Waals surface area contributed by atoms with Gasteiger partial charge in [0.15, 0.2) is 5.78 Å². The number of ketones is 1. The Morgan fingerprint density at radius 2 is 2.18 bits per heavy atom. The van der Waals surface area contributed by atoms with Gasteiger partial charge in [-0.25, -0.2) is 4.57 Å². The third-order valence-corrected chi connectivity index (χ3v) is 3.28. The number of nitrogens with zero attached hydrogens (tertiary/aromatic N) is 1. The summed E-state index contributed by atoms with van der Waals surface area (Å²) in [7, 11) is -2.77. The second-order valence-electron chi connectivity index (χ2n) is 4.01. The van der Waals surface area contributed by atoms with Gasteiger partial charge in [-0.2, -0.15) is 0 Å². The Bertz CT molecular complexity index is 389. The molecular formula is C9H17N2O5P. The van der Waals surface area contributed by atoms with Crippen LogP contribution in [0.4, 0.5) is 0 Å². The van der Waals surface area contributed by atoms with Crippen molar-refractivity contribution < 1.29 is 23.7 Å². The maximum absolute atomic E-state index is 11.9. The predicted molar refractivity (Wildman–Crippen MR) is 61.2 cm³/mol. The van der Waals surface area contributed by atoms with Crippen LogP contribution in [0.1, 0.15) is 6.92 Å². The number of nitrogens with two attached hydrogens (primary N) is 1. The topological polar surface area (TPSA) is 113 Å². The quantitative estimate of drug-likeness (QED) is 0.573. The highest BCUT2D eigenvalue weighted by Crippen LogP contribution is 2.36. The fourth-order valence-electron chi connectivity index (χ4n) is 1.70. The van der Waals surface area contributed by atoms with E-state index in [4.69, 9.17) is 15.5 Å². The van der Waals surface area contributed by atoms with Gasteiger partial charge in [0.1, 0.15) is 0 Å². The Kier molecular flexibility index (Phi) is 4.60. The van der Waals surface area contributed by atoms with E-state index >= 15 is 0 Å². The first-order valence-electron chi connectivity index (χ1n) is 5.11. The van der Waals surface area contributed by atoms with Crippen molar-refractivity contribution in [1.29, 1.82) is 0 Å². The van der Waals surface area contributed by atoms with Crippen LogP contribution in [0.5, 0.6) is 0 Å². The molecule has 0 radical (unpaired) electrons. The number of phosphoric ester groups is 1. The lowest BCUT2D eigenvalue weighted by Gasteiger charge is -2.31. The van der Waals surface area contributed by atoms with Gasteiger partial charge in [0.25, 0.3) is 0 Å². The molecule has 0 saturated carbocycles. The maximum atomic E-state index is 11.9. The minimum atomic E-state index is -4.53. The number of carbonyl (C=O) groups excluding carboxylic acids is 1. The van der Waals surface area contributed by atoms with Crippen molar-refractivity contribution in [1.82, 2.24) is 4.90 Å². The molecule has 0 aromatic rings. The highest BCUT2D eigenvalue weighted by molar-refractivity contribution is 7.46. The zero-order chi connectivity index (χ0) is 13.2. The third kappa shape index (κ3) is 3.70. The van der Waals surface area contributed by atoms with Gasteiger partial charge >= 0.3 is 7.82 Å². The Balaban J connectivity index is 2.89. The van der Waals surface area contributed by atoms with E-state index in [1.54, 1.807) is 18.9 Å². The third-order valence-electron chi connectivity index (χ3n) is 2.82. The molecule has 0 spiro atoms. The highest BCUT2D eigenvalue weighted by atomic mass is 31.2. The van der Waals surface area contributed by atoms with Crippen LogP contribution in [0.2, 0.25) is 0 Å². The summed E-state index contributed by atoms with van der Waals surface area (Å²) in [4.78, 5) is 30.9. The molecule has 0 aromatic carbocycles. The first kappa shape index (κ1) is 14.5. The summed E-state index contributed by atoms with van der Waals surface area (Å²) in [5, 5.41) is 0. The van der Waals surface area contributed by atoms with E-state index in [1.807, 2.05) is 0 Å². The molecule has 1 rings (SSSR count). The number of hydrogen-bond donors (Lipinski definition) is 3. The Morgan fingerprint density at radius 3 is 2.65 bits per heavy atom. The highest BCUT2D eigenvalue weighted by Gasteiger charge is 2.30. The minimum Gasteiger partial charge on any atom is -0.326 e. The van der Waals surface area contributed by atoms with E-state index in [-0.39, 0.29) is 25.0 Å². The SMILES string of the molecule is CC1C(=O)C(CN)=C(COP(=O)(O)O)CN1C. The lowest BCUT2D eigenvalue weighted by molar-refractivity contribution is -0.120. The second kappa shape index (κ2) is 5.39. The average Bonchev–Trinajstić information content (AvgIpc) is 2.22. The largest absolute Gasteiger partial charge is 0.469 e. The summed E-state index contributed by atoms with van der Waals surface area (Å²) >= 11 is 0. The molecule has 0 aliphatic carbocycles. The van der Waals surface area contributed by atoms with Crippen LogP contribution >= 0.6 is 7.82 Å². The van der Waals surface area contributed by atoms with Crippen molar-refractivity contribution in [2.45, 2.75) is 13.0 Å². The van der Waals surface area contributed by atoms with Crippen LogP contribution in [0, 0.1) is 0 Å². The Hall–Kier alpha value is -0.560. The van der Waals surface area contributed by atoms with Gasteiger partial charge < -0.3 is 15.5 Å². The Labute approximate surface area is 99.5 Å². The van der Waals surface area contributed by atoms with Crippen LogP contribution in [0.3, 0.4) is 0 Å². The molecular weight excluding hydrogens is 247 g/mol. The van der Waals surface area contributed by atoms with E-state index < -0.39 is 7.82 Å². The number of rotatable bonds is 4. The zero-order valence-electron chi connectivity index (χ0n) is 9.79. The fourth-order valence-corrected chi connectivity index (χ4v) is 2.02. The van der Waals surface area contributed by atoms with Gasteiger partial charge in [-0.1, -0.05) is 0 Å². The summed E-state index contributed by atoms with van der Waals surface area (Å²) in [6, 6.07) is -0.271. The molecule has 8 heteroatoms. The number of Topliss-reactive ketones (excluding diaryl/α,β-unsaturated/α-hetero) is 1. The molecule has 1 atom stereocenters. The van der Waals surface area contributed by atoms with Crippen LogP contribution < -0.4 is 5.73 Å². The molecule has 1 heterocycles. The molecule has 98 valence electrons. The molecule has 0 aromatic heterocycles. The van der Waals surface area contributed by atoms with Crippen LogP contribution in [0.25, 0.3) is 0 Å². The summed E-state index contributed by atoms with van der Waals surface area (Å²) in [6.07, 6.45) is 0. The normalized spacial score (nSPS) is 23.4. The fraction of sp³-hybridized carbons (Fsp3) is 0.667. The molecule has 0 saturated heterocycles. The maximum Gasteiger partial charge on any atom is 0.469 e. The first-order valence-corrected chi connectivity index (χ1v) is 6.64. The number of phosphoric acid groups is 1. The van der Waals surface area contributed by atoms with Gasteiger partial charge in [0.05, 0.1) is 12.6 Å². The molecule has 4 N–H and O–H groups in total. The lowest BCUT2D eigenvalue weighted by atomic mass is 9.94. The van der Waals surface area contributed by atoms with Gasteiger partial charge in [-0.3, -0.25) is 14.2 Å². The average molecular weight is 264 g/mol. The van der Waals surface area contributed by atoms with Gasteiger partial charge in [-0.15, -0.1) is 0 Å². The Morgan fingerprint density at radius 1 is 1.59 bits per heavy atom. The van der Waals surface area contributed by atoms with E-state index in [2.05, 4.69) is 4.52 Å². The number of likely N-dealkylation sites (N-methyl/N-ethyl adjacent to an activating group) is 1. The van der Waals surface area contributed by atoms with Crippen LogP contribution in [-0.2, 0) is 13.9 Å².